The van der Waals surface area contributed by atoms with Crippen LogP contribution >= 0.6 is 45.2 Å². The lowest BCUT2D eigenvalue weighted by Gasteiger charge is -2.28. The van der Waals surface area contributed by atoms with Gasteiger partial charge in [0.05, 0.1) is 38.7 Å². The minimum Gasteiger partial charge on any atom is -0.490 e. The van der Waals surface area contributed by atoms with Gasteiger partial charge in [0.1, 0.15) is 19.0 Å². The molecule has 2 aliphatic rings. The summed E-state index contributed by atoms with van der Waals surface area (Å²) in [6, 6.07) is 13.4. The normalized spacial score (nSPS) is 16.0. The highest BCUT2D eigenvalue weighted by Gasteiger charge is 2.32. The Balaban J connectivity index is 1.18. The van der Waals surface area contributed by atoms with E-state index in [0.717, 1.165) is 29.8 Å². The first-order valence-electron chi connectivity index (χ1n) is 14.4. The molecule has 3 aromatic rings. The van der Waals surface area contributed by atoms with Gasteiger partial charge in [0.15, 0.2) is 29.2 Å². The zero-order valence-electron chi connectivity index (χ0n) is 25.6. The Kier molecular flexibility index (Phi) is 11.5. The number of halogens is 2. The number of esters is 1. The third-order valence-corrected chi connectivity index (χ3v) is 8.55. The summed E-state index contributed by atoms with van der Waals surface area (Å²) in [5, 5.41) is 20.0. The minimum absolute atomic E-state index is 0.144. The topological polar surface area (TPSA) is 158 Å². The third kappa shape index (κ3) is 8.50. The van der Waals surface area contributed by atoms with Gasteiger partial charge in [0, 0.05) is 5.70 Å². The number of aliphatic hydroxyl groups excluding tert-OH is 1. The number of fused-ring (bicyclic) bond motifs is 1. The number of urea groups is 1. The number of rotatable bonds is 13. The summed E-state index contributed by atoms with van der Waals surface area (Å²) in [6.45, 7) is 4.23. The van der Waals surface area contributed by atoms with Crippen molar-refractivity contribution in [1.82, 2.24) is 16.1 Å². The van der Waals surface area contributed by atoms with Crippen LogP contribution in [0.25, 0.3) is 0 Å². The van der Waals surface area contributed by atoms with Gasteiger partial charge in [0.25, 0.3) is 0 Å². The molecule has 3 aromatic carbocycles. The average Bonchev–Trinajstić information content (AvgIpc) is 3.51. The maximum atomic E-state index is 12.5. The van der Waals surface area contributed by atoms with Crippen molar-refractivity contribution in [2.45, 2.75) is 32.7 Å². The van der Waals surface area contributed by atoms with Gasteiger partial charge in [-0.2, -0.15) is 5.10 Å². The van der Waals surface area contributed by atoms with Crippen LogP contribution in [0.2, 0.25) is 0 Å². The molecule has 248 valence electrons. The van der Waals surface area contributed by atoms with E-state index in [9.17, 15) is 14.7 Å². The summed E-state index contributed by atoms with van der Waals surface area (Å²) < 4.78 is 35.2. The maximum absolute atomic E-state index is 12.5. The van der Waals surface area contributed by atoms with Gasteiger partial charge in [-0.3, -0.25) is 5.43 Å². The molecular weight excluding hydrogens is 838 g/mol. The minimum atomic E-state index is -1.14. The second-order valence-corrected chi connectivity index (χ2v) is 12.5. The molecule has 2 aliphatic heterocycles. The summed E-state index contributed by atoms with van der Waals surface area (Å²) in [5.41, 5.74) is 5.69. The fourth-order valence-corrected chi connectivity index (χ4v) is 6.93. The lowest BCUT2D eigenvalue weighted by Crippen LogP contribution is -2.45. The Hall–Kier alpha value is -3.97. The molecule has 47 heavy (non-hydrogen) atoms. The predicted octanol–water partition coefficient (Wildman–Crippen LogP) is 4.72. The summed E-state index contributed by atoms with van der Waals surface area (Å²) in [6.07, 6.45) is 0.458. The Morgan fingerprint density at radius 3 is 2.60 bits per heavy atom. The van der Waals surface area contributed by atoms with Crippen LogP contribution < -0.4 is 39.7 Å². The van der Waals surface area contributed by atoms with Gasteiger partial charge < -0.3 is 44.2 Å². The van der Waals surface area contributed by atoms with Crippen molar-refractivity contribution in [3.05, 3.63) is 83.6 Å². The number of nitrogens with zero attached hydrogens (tertiary/aromatic N) is 1. The molecule has 0 unspecified atom stereocenters. The van der Waals surface area contributed by atoms with Crippen molar-refractivity contribution in [3.63, 3.8) is 0 Å². The van der Waals surface area contributed by atoms with Crippen molar-refractivity contribution >= 4 is 63.4 Å². The van der Waals surface area contributed by atoms with Crippen LogP contribution in [-0.4, -0.2) is 56.7 Å². The monoisotopic (exact) mass is 870 g/mol. The first kappa shape index (κ1) is 34.4. The predicted molar refractivity (Wildman–Crippen MR) is 188 cm³/mol. The summed E-state index contributed by atoms with van der Waals surface area (Å²) in [7, 11) is 1.28. The highest BCUT2D eigenvalue weighted by Crippen LogP contribution is 2.36. The molecule has 0 saturated heterocycles. The molecule has 5 rings (SSSR count). The van der Waals surface area contributed by atoms with Crippen LogP contribution in [0.5, 0.6) is 28.7 Å². The van der Waals surface area contributed by atoms with Crippen LogP contribution in [0.1, 0.15) is 36.6 Å². The van der Waals surface area contributed by atoms with Crippen LogP contribution in [-0.2, 0) is 16.1 Å². The lowest BCUT2D eigenvalue weighted by molar-refractivity contribution is -0.136. The molecule has 0 aromatic heterocycles. The van der Waals surface area contributed by atoms with Crippen LogP contribution in [0.4, 0.5) is 4.79 Å². The van der Waals surface area contributed by atoms with Gasteiger partial charge in [-0.25, -0.2) is 9.59 Å². The Morgan fingerprint density at radius 1 is 1.09 bits per heavy atom. The Bertz CT molecular complexity index is 1690. The van der Waals surface area contributed by atoms with E-state index in [4.69, 9.17) is 28.4 Å². The quantitative estimate of drug-likeness (QED) is 0.0623. The number of ether oxygens (including phenoxy) is 6. The summed E-state index contributed by atoms with van der Waals surface area (Å²) >= 11 is 4.43. The number of hydrazone groups is 1. The second-order valence-electron chi connectivity index (χ2n) is 10.2. The van der Waals surface area contributed by atoms with E-state index in [1.165, 1.54) is 7.11 Å². The van der Waals surface area contributed by atoms with Crippen molar-refractivity contribution in [2.75, 3.05) is 27.1 Å². The number of hydrogen-bond donors (Lipinski definition) is 4. The molecule has 2 amide bonds. The van der Waals surface area contributed by atoms with Crippen molar-refractivity contribution < 1.29 is 43.1 Å². The molecule has 13 nitrogen and oxygen atoms in total. The molecule has 0 aliphatic carbocycles. The smallest absolute Gasteiger partial charge is 0.337 e. The van der Waals surface area contributed by atoms with Crippen LogP contribution in [0, 0.1) is 7.14 Å². The maximum Gasteiger partial charge on any atom is 0.337 e. The fourth-order valence-electron chi connectivity index (χ4n) is 4.80. The number of carbonyl (C=O) groups is 2. The largest absolute Gasteiger partial charge is 0.490 e. The first-order valence-corrected chi connectivity index (χ1v) is 16.6. The third-order valence-electron chi connectivity index (χ3n) is 6.95. The van der Waals surface area contributed by atoms with E-state index in [-0.39, 0.29) is 19.0 Å². The second kappa shape index (κ2) is 15.7. The van der Waals surface area contributed by atoms with Gasteiger partial charge >= 0.3 is 12.0 Å². The van der Waals surface area contributed by atoms with Crippen molar-refractivity contribution in [1.29, 1.82) is 0 Å². The summed E-state index contributed by atoms with van der Waals surface area (Å²) in [4.78, 5) is 24.6. The lowest BCUT2D eigenvalue weighted by atomic mass is 9.95. The van der Waals surface area contributed by atoms with Gasteiger partial charge in [-0.05, 0) is 112 Å². The molecule has 0 spiro atoms. The first-order chi connectivity index (χ1) is 22.7. The van der Waals surface area contributed by atoms with Crippen LogP contribution in [0.15, 0.2) is 64.9 Å². The van der Waals surface area contributed by atoms with Crippen molar-refractivity contribution in [3.8, 4) is 28.7 Å². The Labute approximate surface area is 298 Å². The number of nitrogens with one attached hydrogen (secondary N) is 3. The molecule has 15 heteroatoms. The zero-order valence-corrected chi connectivity index (χ0v) is 29.9. The molecular formula is C32H32I2N4O9. The number of benzene rings is 3. The molecule has 0 fully saturated rings. The number of aliphatic hydroxyl groups is 1. The highest BCUT2D eigenvalue weighted by atomic mass is 127. The van der Waals surface area contributed by atoms with E-state index in [0.29, 0.717) is 41.7 Å². The molecule has 0 radical (unpaired) electrons. The SMILES string of the molecule is CCOc1cc([C@H]2NC(=O)NC(C)=C2C(=O)OC)ccc1OC[C@@H](O)N/N=C\c1cc(I)c(OCc2ccc3c(c2)OCO3)c(I)c1. The Morgan fingerprint density at radius 2 is 1.85 bits per heavy atom. The molecule has 0 bridgehead atoms. The van der Waals surface area contributed by atoms with Gasteiger partial charge in [0.2, 0.25) is 6.79 Å². The van der Waals surface area contributed by atoms with Crippen LogP contribution in [0.3, 0.4) is 0 Å². The number of carbonyl (C=O) groups excluding carboxylic acids is 2. The zero-order chi connectivity index (χ0) is 33.5. The van der Waals surface area contributed by atoms with Gasteiger partial charge in [-0.15, -0.1) is 0 Å². The molecule has 2 atom stereocenters. The number of allylic oxidation sites excluding steroid dienone is 1. The van der Waals surface area contributed by atoms with E-state index < -0.39 is 24.3 Å². The van der Waals surface area contributed by atoms with E-state index in [2.05, 4.69) is 66.3 Å². The highest BCUT2D eigenvalue weighted by molar-refractivity contribution is 14.1. The average molecular weight is 870 g/mol. The van der Waals surface area contributed by atoms with E-state index in [1.54, 1.807) is 31.3 Å². The number of amides is 2. The molecule has 0 saturated carbocycles. The van der Waals surface area contributed by atoms with Gasteiger partial charge in [-0.1, -0.05) is 12.1 Å². The number of methoxy groups -OCH3 is 1. The molecule has 4 N–H and O–H groups in total. The summed E-state index contributed by atoms with van der Waals surface area (Å²) in [5.74, 6) is 2.36. The van der Waals surface area contributed by atoms with E-state index >= 15 is 0 Å². The molecule has 2 heterocycles. The number of hydrogen-bond acceptors (Lipinski definition) is 11. The fraction of sp³-hybridized carbons (Fsp3) is 0.281. The standard InChI is InChI=1S/C32H32I2N4O9/c1-4-43-26-12-20(29-28(31(40)42-3)17(2)36-32(41)37-29)6-8-23(26)44-15-27(39)38-35-13-19-9-21(33)30(22(34)10-19)45-14-18-5-7-24-25(11-18)47-16-46-24/h5-13,27,29,38-39H,4,14-16H2,1-3H3,(H2,36,37,41)/b35-13-/t27-,29-/m1/s1. The van der Waals surface area contributed by atoms with E-state index in [1.807, 2.05) is 37.3 Å². The van der Waals surface area contributed by atoms with Crippen molar-refractivity contribution in [2.24, 2.45) is 5.10 Å².